The molecule has 0 heterocycles. The number of aryl methyl sites for hydroxylation is 1. The average molecular weight is 202 g/mol. The van der Waals surface area contributed by atoms with Crippen LogP contribution in [0.4, 0.5) is 0 Å². The van der Waals surface area contributed by atoms with E-state index in [1.54, 1.807) is 0 Å². The standard InChI is InChI=1S/C13H14O2/c1-8(14)15-13-11-7-6-9-4-2-3-5-10(9)12(11)13/h2-5,11-13H,6-7H2,1H3. The fraction of sp³-hybridized carbons (Fsp3) is 0.462. The van der Waals surface area contributed by atoms with E-state index in [4.69, 9.17) is 4.74 Å². The van der Waals surface area contributed by atoms with Gasteiger partial charge in [-0.15, -0.1) is 0 Å². The van der Waals surface area contributed by atoms with Gasteiger partial charge in [0.25, 0.3) is 0 Å². The van der Waals surface area contributed by atoms with Crippen LogP contribution in [-0.2, 0) is 16.0 Å². The zero-order valence-electron chi connectivity index (χ0n) is 8.77. The summed E-state index contributed by atoms with van der Waals surface area (Å²) in [7, 11) is 0. The molecule has 3 rings (SSSR count). The third-order valence-electron chi connectivity index (χ3n) is 3.56. The van der Waals surface area contributed by atoms with Gasteiger partial charge in [-0.25, -0.2) is 0 Å². The molecule has 2 heteroatoms. The van der Waals surface area contributed by atoms with Gasteiger partial charge in [0.2, 0.25) is 0 Å². The second-order valence-corrected chi connectivity index (χ2v) is 4.50. The lowest BCUT2D eigenvalue weighted by atomic mass is 9.92. The highest BCUT2D eigenvalue weighted by Crippen LogP contribution is 2.56. The van der Waals surface area contributed by atoms with Gasteiger partial charge in [0.1, 0.15) is 6.10 Å². The molecular weight excluding hydrogens is 188 g/mol. The molecular formula is C13H14O2. The lowest BCUT2D eigenvalue weighted by Crippen LogP contribution is -2.03. The van der Waals surface area contributed by atoms with Crippen molar-refractivity contribution >= 4 is 5.97 Å². The Morgan fingerprint density at radius 1 is 1.40 bits per heavy atom. The molecule has 0 saturated heterocycles. The molecule has 2 aliphatic carbocycles. The highest BCUT2D eigenvalue weighted by atomic mass is 16.5. The van der Waals surface area contributed by atoms with Crippen molar-refractivity contribution in [3.63, 3.8) is 0 Å². The van der Waals surface area contributed by atoms with Crippen molar-refractivity contribution < 1.29 is 9.53 Å². The van der Waals surface area contributed by atoms with Crippen LogP contribution in [0.5, 0.6) is 0 Å². The molecule has 15 heavy (non-hydrogen) atoms. The normalized spacial score (nSPS) is 31.4. The van der Waals surface area contributed by atoms with Gasteiger partial charge < -0.3 is 4.74 Å². The van der Waals surface area contributed by atoms with E-state index in [0.717, 1.165) is 6.42 Å². The maximum Gasteiger partial charge on any atom is 0.302 e. The Hall–Kier alpha value is -1.31. The van der Waals surface area contributed by atoms with Crippen molar-refractivity contribution in [3.8, 4) is 0 Å². The van der Waals surface area contributed by atoms with Gasteiger partial charge in [-0.3, -0.25) is 4.79 Å². The lowest BCUT2D eigenvalue weighted by molar-refractivity contribution is -0.142. The van der Waals surface area contributed by atoms with Gasteiger partial charge in [0.05, 0.1) is 0 Å². The van der Waals surface area contributed by atoms with E-state index in [1.807, 2.05) is 0 Å². The van der Waals surface area contributed by atoms with Crippen molar-refractivity contribution in [3.05, 3.63) is 35.4 Å². The molecule has 0 aromatic heterocycles. The molecule has 1 saturated carbocycles. The summed E-state index contributed by atoms with van der Waals surface area (Å²) in [6.07, 6.45) is 2.46. The SMILES string of the molecule is CC(=O)OC1C2CCc3ccccc3C21. The van der Waals surface area contributed by atoms with Crippen molar-refractivity contribution in [1.82, 2.24) is 0 Å². The molecule has 0 spiro atoms. The number of hydrogen-bond acceptors (Lipinski definition) is 2. The topological polar surface area (TPSA) is 26.3 Å². The Kier molecular flexibility index (Phi) is 1.84. The van der Waals surface area contributed by atoms with Gasteiger partial charge in [-0.1, -0.05) is 24.3 Å². The summed E-state index contributed by atoms with van der Waals surface area (Å²) in [5, 5.41) is 0. The van der Waals surface area contributed by atoms with Gasteiger partial charge in [0, 0.05) is 18.8 Å². The third kappa shape index (κ3) is 1.36. The maximum absolute atomic E-state index is 10.9. The number of esters is 1. The Morgan fingerprint density at radius 3 is 3.00 bits per heavy atom. The summed E-state index contributed by atoms with van der Waals surface area (Å²) >= 11 is 0. The second-order valence-electron chi connectivity index (χ2n) is 4.50. The predicted octanol–water partition coefficient (Wildman–Crippen LogP) is 2.28. The first kappa shape index (κ1) is 8.96. The van der Waals surface area contributed by atoms with Crippen LogP contribution in [-0.4, -0.2) is 12.1 Å². The molecule has 3 atom stereocenters. The molecule has 0 amide bonds. The number of carbonyl (C=O) groups excluding carboxylic acids is 1. The van der Waals surface area contributed by atoms with Crippen molar-refractivity contribution in [2.45, 2.75) is 31.8 Å². The molecule has 1 fully saturated rings. The summed E-state index contributed by atoms with van der Waals surface area (Å²) in [4.78, 5) is 10.9. The first-order chi connectivity index (χ1) is 7.27. The van der Waals surface area contributed by atoms with E-state index in [1.165, 1.54) is 24.5 Å². The number of benzene rings is 1. The van der Waals surface area contributed by atoms with Crippen LogP contribution < -0.4 is 0 Å². The Bertz CT molecular complexity index is 411. The molecule has 2 aliphatic rings. The third-order valence-corrected chi connectivity index (χ3v) is 3.56. The highest BCUT2D eigenvalue weighted by molar-refractivity contribution is 5.67. The Labute approximate surface area is 89.2 Å². The minimum absolute atomic E-state index is 0.146. The van der Waals surface area contributed by atoms with Gasteiger partial charge in [-0.2, -0.15) is 0 Å². The molecule has 0 bridgehead atoms. The van der Waals surface area contributed by atoms with Gasteiger partial charge >= 0.3 is 5.97 Å². The van der Waals surface area contributed by atoms with Crippen LogP contribution in [0, 0.1) is 5.92 Å². The molecule has 0 N–H and O–H groups in total. The molecule has 0 aliphatic heterocycles. The minimum atomic E-state index is -0.146. The quantitative estimate of drug-likeness (QED) is 0.653. The van der Waals surface area contributed by atoms with Crippen molar-refractivity contribution in [2.24, 2.45) is 5.92 Å². The molecule has 78 valence electrons. The molecule has 2 nitrogen and oxygen atoms in total. The average Bonchev–Trinajstić information content (AvgIpc) is 2.91. The molecule has 0 radical (unpaired) electrons. The fourth-order valence-corrected chi connectivity index (χ4v) is 2.86. The van der Waals surface area contributed by atoms with Crippen molar-refractivity contribution in [1.29, 1.82) is 0 Å². The Morgan fingerprint density at radius 2 is 2.20 bits per heavy atom. The van der Waals surface area contributed by atoms with E-state index >= 15 is 0 Å². The van der Waals surface area contributed by atoms with Crippen LogP contribution in [0.2, 0.25) is 0 Å². The van der Waals surface area contributed by atoms with E-state index in [-0.39, 0.29) is 12.1 Å². The van der Waals surface area contributed by atoms with Crippen LogP contribution in [0.15, 0.2) is 24.3 Å². The van der Waals surface area contributed by atoms with Crippen molar-refractivity contribution in [2.75, 3.05) is 0 Å². The summed E-state index contributed by atoms with van der Waals surface area (Å²) in [6.45, 7) is 1.50. The largest absolute Gasteiger partial charge is 0.462 e. The number of rotatable bonds is 1. The zero-order valence-corrected chi connectivity index (χ0v) is 8.77. The minimum Gasteiger partial charge on any atom is -0.462 e. The zero-order chi connectivity index (χ0) is 10.4. The lowest BCUT2D eigenvalue weighted by Gasteiger charge is -2.12. The van der Waals surface area contributed by atoms with E-state index in [9.17, 15) is 4.79 Å². The van der Waals surface area contributed by atoms with Crippen LogP contribution in [0.1, 0.15) is 30.4 Å². The highest BCUT2D eigenvalue weighted by Gasteiger charge is 2.55. The van der Waals surface area contributed by atoms with Crippen LogP contribution >= 0.6 is 0 Å². The monoisotopic (exact) mass is 202 g/mol. The van der Waals surface area contributed by atoms with E-state index < -0.39 is 0 Å². The van der Waals surface area contributed by atoms with Gasteiger partial charge in [0.15, 0.2) is 0 Å². The molecule has 1 aromatic carbocycles. The summed E-state index contributed by atoms with van der Waals surface area (Å²) < 4.78 is 5.33. The molecule has 1 aromatic rings. The van der Waals surface area contributed by atoms with E-state index in [2.05, 4.69) is 24.3 Å². The predicted molar refractivity (Wildman–Crippen MR) is 56.5 cm³/mol. The second kappa shape index (κ2) is 3.09. The summed E-state index contributed by atoms with van der Waals surface area (Å²) in [5.41, 5.74) is 2.84. The number of fused-ring (bicyclic) bond motifs is 3. The first-order valence-electron chi connectivity index (χ1n) is 5.52. The number of carbonyl (C=O) groups is 1. The maximum atomic E-state index is 10.9. The van der Waals surface area contributed by atoms with Crippen LogP contribution in [0.25, 0.3) is 0 Å². The summed E-state index contributed by atoms with van der Waals surface area (Å²) in [5.74, 6) is 0.925. The van der Waals surface area contributed by atoms with Gasteiger partial charge in [-0.05, 0) is 24.0 Å². The van der Waals surface area contributed by atoms with E-state index in [0.29, 0.717) is 11.8 Å². The first-order valence-corrected chi connectivity index (χ1v) is 5.52. The Balaban J connectivity index is 1.87. The molecule has 3 unspecified atom stereocenters. The van der Waals surface area contributed by atoms with Crippen LogP contribution in [0.3, 0.4) is 0 Å². The number of ether oxygens (including phenoxy) is 1. The number of hydrogen-bond donors (Lipinski definition) is 0. The smallest absolute Gasteiger partial charge is 0.302 e. The fourth-order valence-electron chi connectivity index (χ4n) is 2.86. The summed E-state index contributed by atoms with van der Waals surface area (Å²) in [6, 6.07) is 8.52.